The van der Waals surface area contributed by atoms with Crippen LogP contribution in [-0.4, -0.2) is 66.0 Å². The van der Waals surface area contributed by atoms with Gasteiger partial charge < -0.3 is 19.2 Å². The predicted octanol–water partition coefficient (Wildman–Crippen LogP) is 6.59. The number of furan rings is 1. The minimum Gasteiger partial charge on any atom is -0.481 e. The summed E-state index contributed by atoms with van der Waals surface area (Å²) in [6.45, 7) is 4.24. The molecule has 1 aromatic carbocycles. The molecule has 0 spiro atoms. The second-order valence-electron chi connectivity index (χ2n) is 9.97. The van der Waals surface area contributed by atoms with Crippen LogP contribution < -0.4 is 0 Å². The van der Waals surface area contributed by atoms with Crippen molar-refractivity contribution in [1.29, 1.82) is 0 Å². The first-order valence-corrected chi connectivity index (χ1v) is 15.0. The number of thiophene rings is 1. The number of aliphatic carboxylic acids is 1. The molecule has 5 rings (SSSR count). The molecule has 1 fully saturated rings. The molecule has 0 bridgehead atoms. The third-order valence-electron chi connectivity index (χ3n) is 7.43. The number of hydrogen-bond acceptors (Lipinski definition) is 7. The SMILES string of the molecule is O=C(O)C1C(COCCN2CCCCC2)=NC(c2ccco2)N(CCc2cccs2)C1c1ccc(Cl)c(Cl)c1. The Labute approximate surface area is 243 Å². The van der Waals surface area contributed by atoms with Crippen molar-refractivity contribution in [2.75, 3.05) is 39.4 Å². The molecule has 3 aromatic rings. The lowest BCUT2D eigenvalue weighted by Gasteiger charge is -2.43. The van der Waals surface area contributed by atoms with Gasteiger partial charge in [-0.2, -0.15) is 0 Å². The Morgan fingerprint density at radius 1 is 1.10 bits per heavy atom. The molecule has 208 valence electrons. The lowest BCUT2D eigenvalue weighted by Crippen LogP contribution is -2.48. The van der Waals surface area contributed by atoms with Crippen molar-refractivity contribution in [3.05, 3.63) is 80.4 Å². The zero-order chi connectivity index (χ0) is 27.2. The number of carbonyl (C=O) groups is 1. The topological polar surface area (TPSA) is 78.5 Å². The van der Waals surface area contributed by atoms with Gasteiger partial charge in [0.05, 0.1) is 41.3 Å². The molecule has 0 amide bonds. The van der Waals surface area contributed by atoms with E-state index in [1.54, 1.807) is 29.7 Å². The first kappa shape index (κ1) is 28.3. The molecule has 1 N–H and O–H groups in total. The molecule has 0 radical (unpaired) electrons. The number of ether oxygens (including phenoxy) is 1. The van der Waals surface area contributed by atoms with Gasteiger partial charge in [-0.15, -0.1) is 11.3 Å². The Morgan fingerprint density at radius 2 is 1.95 bits per heavy atom. The van der Waals surface area contributed by atoms with Crippen LogP contribution in [0.2, 0.25) is 10.0 Å². The third-order valence-corrected chi connectivity index (χ3v) is 9.11. The van der Waals surface area contributed by atoms with Gasteiger partial charge in [-0.25, -0.2) is 0 Å². The maximum Gasteiger partial charge on any atom is 0.314 e. The zero-order valence-electron chi connectivity index (χ0n) is 21.7. The minimum atomic E-state index is -0.955. The number of carboxylic acid groups (broad SMARTS) is 1. The van der Waals surface area contributed by atoms with Crippen LogP contribution in [0.5, 0.6) is 0 Å². The van der Waals surface area contributed by atoms with Crippen LogP contribution in [0, 0.1) is 5.92 Å². The van der Waals surface area contributed by atoms with E-state index in [-0.39, 0.29) is 6.61 Å². The molecule has 0 aliphatic carbocycles. The monoisotopic (exact) mass is 589 g/mol. The predicted molar refractivity (Wildman–Crippen MR) is 155 cm³/mol. The number of halogens is 2. The Kier molecular flexibility index (Phi) is 9.76. The highest BCUT2D eigenvalue weighted by molar-refractivity contribution is 7.09. The van der Waals surface area contributed by atoms with Crippen LogP contribution in [0.15, 0.2) is 63.5 Å². The maximum atomic E-state index is 12.9. The summed E-state index contributed by atoms with van der Waals surface area (Å²) in [7, 11) is 0. The average Bonchev–Trinajstić information content (AvgIpc) is 3.66. The van der Waals surface area contributed by atoms with Gasteiger partial charge in [-0.1, -0.05) is 41.8 Å². The molecule has 3 unspecified atom stereocenters. The van der Waals surface area contributed by atoms with Crippen molar-refractivity contribution in [2.45, 2.75) is 37.9 Å². The van der Waals surface area contributed by atoms with Crippen molar-refractivity contribution in [3.63, 3.8) is 0 Å². The van der Waals surface area contributed by atoms with Gasteiger partial charge >= 0.3 is 5.97 Å². The quantitative estimate of drug-likeness (QED) is 0.254. The molecule has 1 saturated heterocycles. The van der Waals surface area contributed by atoms with Gasteiger partial charge in [0.25, 0.3) is 0 Å². The summed E-state index contributed by atoms with van der Waals surface area (Å²) in [4.78, 5) is 23.6. The van der Waals surface area contributed by atoms with Crippen molar-refractivity contribution < 1.29 is 19.1 Å². The summed E-state index contributed by atoms with van der Waals surface area (Å²) in [5.41, 5.74) is 1.26. The van der Waals surface area contributed by atoms with Crippen LogP contribution in [-0.2, 0) is 16.0 Å². The van der Waals surface area contributed by atoms with E-state index in [1.165, 1.54) is 24.1 Å². The highest BCUT2D eigenvalue weighted by Gasteiger charge is 2.45. The number of hydrogen-bond donors (Lipinski definition) is 1. The van der Waals surface area contributed by atoms with Crippen LogP contribution in [0.25, 0.3) is 0 Å². The third kappa shape index (κ3) is 6.93. The minimum absolute atomic E-state index is 0.138. The second-order valence-corrected chi connectivity index (χ2v) is 11.8. The Hall–Kier alpha value is -2.20. The first-order chi connectivity index (χ1) is 19.0. The van der Waals surface area contributed by atoms with E-state index in [1.807, 2.05) is 29.6 Å². The molecule has 3 atom stereocenters. The lowest BCUT2D eigenvalue weighted by molar-refractivity contribution is -0.142. The van der Waals surface area contributed by atoms with Crippen LogP contribution in [0.3, 0.4) is 0 Å². The van der Waals surface area contributed by atoms with Gasteiger partial charge in [0.15, 0.2) is 6.17 Å². The normalized spacial score (nSPS) is 22.6. The Morgan fingerprint density at radius 3 is 2.64 bits per heavy atom. The van der Waals surface area contributed by atoms with E-state index in [2.05, 4.69) is 15.9 Å². The average molecular weight is 591 g/mol. The van der Waals surface area contributed by atoms with Crippen LogP contribution in [0.4, 0.5) is 0 Å². The number of benzene rings is 1. The fourth-order valence-electron chi connectivity index (χ4n) is 5.50. The van der Waals surface area contributed by atoms with Crippen molar-refractivity contribution in [3.8, 4) is 0 Å². The number of rotatable bonds is 11. The van der Waals surface area contributed by atoms with Gasteiger partial charge in [-0.05, 0) is 73.6 Å². The highest BCUT2D eigenvalue weighted by atomic mass is 35.5. The van der Waals surface area contributed by atoms with E-state index < -0.39 is 24.1 Å². The summed E-state index contributed by atoms with van der Waals surface area (Å²) in [5.74, 6) is -1.23. The van der Waals surface area contributed by atoms with Crippen LogP contribution in [0.1, 0.15) is 47.7 Å². The van der Waals surface area contributed by atoms with Crippen molar-refractivity contribution in [2.24, 2.45) is 10.9 Å². The zero-order valence-corrected chi connectivity index (χ0v) is 24.0. The molecule has 39 heavy (non-hydrogen) atoms. The van der Waals surface area contributed by atoms with E-state index in [4.69, 9.17) is 37.3 Å². The molecular formula is C29H33Cl2N3O4S. The Balaban J connectivity index is 1.47. The van der Waals surface area contributed by atoms with E-state index in [0.29, 0.717) is 34.7 Å². The summed E-state index contributed by atoms with van der Waals surface area (Å²) < 4.78 is 11.9. The second kappa shape index (κ2) is 13.4. The van der Waals surface area contributed by atoms with Gasteiger partial charge in [0.2, 0.25) is 0 Å². The van der Waals surface area contributed by atoms with Gasteiger partial charge in [0, 0.05) is 18.0 Å². The highest BCUT2D eigenvalue weighted by Crippen LogP contribution is 2.43. The molecule has 2 aliphatic heterocycles. The molecule has 2 aromatic heterocycles. The fourth-order valence-corrected chi connectivity index (χ4v) is 6.50. The maximum absolute atomic E-state index is 12.9. The number of nitrogens with zero attached hydrogens (tertiary/aromatic N) is 3. The summed E-state index contributed by atoms with van der Waals surface area (Å²) >= 11 is 14.4. The number of likely N-dealkylation sites (tertiary alicyclic amines) is 1. The lowest BCUT2D eigenvalue weighted by atomic mass is 9.85. The molecule has 2 aliphatic rings. The van der Waals surface area contributed by atoms with E-state index >= 15 is 0 Å². The standard InChI is InChI=1S/C29H33Cl2N3O4S/c30-22-9-8-20(18-23(22)31)27-26(29(35)36)24(19-37-16-14-33-11-2-1-3-12-33)32-28(25-7-4-15-38-25)34(27)13-10-21-6-5-17-39-21/h4-9,15,17-18,26-28H,1-3,10-14,16,19H2,(H,35,36). The van der Waals surface area contributed by atoms with Crippen molar-refractivity contribution in [1.82, 2.24) is 9.80 Å². The largest absolute Gasteiger partial charge is 0.481 e. The van der Waals surface area contributed by atoms with Crippen molar-refractivity contribution >= 4 is 46.2 Å². The fraction of sp³-hybridized carbons (Fsp3) is 0.448. The van der Waals surface area contributed by atoms with Crippen LogP contribution >= 0.6 is 34.5 Å². The summed E-state index contributed by atoms with van der Waals surface area (Å²) in [6, 6.07) is 12.6. The van der Waals surface area contributed by atoms with E-state index in [0.717, 1.165) is 31.6 Å². The van der Waals surface area contributed by atoms with Gasteiger partial charge in [-0.3, -0.25) is 14.7 Å². The summed E-state index contributed by atoms with van der Waals surface area (Å²) in [6.07, 6.45) is 5.57. The summed E-state index contributed by atoms with van der Waals surface area (Å²) in [5, 5.41) is 13.4. The molecule has 10 heteroatoms. The smallest absolute Gasteiger partial charge is 0.314 e. The number of piperidine rings is 1. The Bertz CT molecular complexity index is 1250. The first-order valence-electron chi connectivity index (χ1n) is 13.4. The molecule has 7 nitrogen and oxygen atoms in total. The molecule has 4 heterocycles. The van der Waals surface area contributed by atoms with E-state index in [9.17, 15) is 9.90 Å². The number of aliphatic imine (C=N–C) groups is 1. The van der Waals surface area contributed by atoms with Gasteiger partial charge in [0.1, 0.15) is 11.7 Å². The molecule has 0 saturated carbocycles. The molecular weight excluding hydrogens is 557 g/mol. The number of carboxylic acids is 1.